The summed E-state index contributed by atoms with van der Waals surface area (Å²) >= 11 is 3.25. The van der Waals surface area contributed by atoms with Gasteiger partial charge in [-0.1, -0.05) is 34.1 Å². The van der Waals surface area contributed by atoms with E-state index in [9.17, 15) is 14.7 Å². The van der Waals surface area contributed by atoms with Crippen molar-refractivity contribution in [1.82, 2.24) is 5.43 Å². The number of amides is 2. The number of hydrogen-bond acceptors (Lipinski definition) is 4. The van der Waals surface area contributed by atoms with E-state index in [1.54, 1.807) is 42.5 Å². The molecule has 22 heavy (non-hydrogen) atoms. The van der Waals surface area contributed by atoms with Crippen molar-refractivity contribution in [3.63, 3.8) is 0 Å². The van der Waals surface area contributed by atoms with Gasteiger partial charge in [0, 0.05) is 15.7 Å². The summed E-state index contributed by atoms with van der Waals surface area (Å²) in [4.78, 5) is 23.2. The minimum absolute atomic E-state index is 0.00920. The molecule has 0 aromatic heterocycles. The van der Waals surface area contributed by atoms with Gasteiger partial charge in [0.1, 0.15) is 5.75 Å². The second-order valence-corrected chi connectivity index (χ2v) is 5.14. The van der Waals surface area contributed by atoms with Crippen LogP contribution in [0.2, 0.25) is 0 Å². The molecule has 0 radical (unpaired) electrons. The van der Waals surface area contributed by atoms with E-state index in [1.807, 2.05) is 0 Å². The number of nitrogens with zero attached hydrogens (tertiary/aromatic N) is 1. The van der Waals surface area contributed by atoms with Gasteiger partial charge >= 0.3 is 11.8 Å². The Balaban J connectivity index is 1.93. The van der Waals surface area contributed by atoms with E-state index in [-0.39, 0.29) is 5.75 Å². The highest BCUT2D eigenvalue weighted by atomic mass is 79.9. The Kier molecular flexibility index (Phi) is 5.26. The molecule has 0 aliphatic heterocycles. The Morgan fingerprint density at radius 1 is 1.09 bits per heavy atom. The van der Waals surface area contributed by atoms with E-state index in [2.05, 4.69) is 31.8 Å². The number of para-hydroxylation sites is 1. The summed E-state index contributed by atoms with van der Waals surface area (Å²) in [6.07, 6.45) is 1.24. The van der Waals surface area contributed by atoms with Crippen molar-refractivity contribution in [1.29, 1.82) is 0 Å². The Morgan fingerprint density at radius 2 is 1.82 bits per heavy atom. The van der Waals surface area contributed by atoms with Gasteiger partial charge < -0.3 is 10.4 Å². The minimum atomic E-state index is -0.908. The SMILES string of the molecule is O=C(N/N=C/c1cc(Br)ccc1O)C(=O)Nc1ccccc1. The molecule has 2 aromatic carbocycles. The largest absolute Gasteiger partial charge is 0.507 e. The Morgan fingerprint density at radius 3 is 2.55 bits per heavy atom. The van der Waals surface area contributed by atoms with Gasteiger partial charge in [0.2, 0.25) is 0 Å². The molecule has 0 unspecified atom stereocenters. The summed E-state index contributed by atoms with van der Waals surface area (Å²) < 4.78 is 0.750. The fourth-order valence-electron chi connectivity index (χ4n) is 1.55. The lowest BCUT2D eigenvalue weighted by Crippen LogP contribution is -2.32. The molecule has 0 saturated heterocycles. The quantitative estimate of drug-likeness (QED) is 0.444. The standard InChI is InChI=1S/C15H12BrN3O3/c16-11-6-7-13(20)10(8-11)9-17-19-15(22)14(21)18-12-4-2-1-3-5-12/h1-9,20H,(H,18,21)(H,19,22)/b17-9+. The zero-order valence-corrected chi connectivity index (χ0v) is 12.9. The Hall–Kier alpha value is -2.67. The van der Waals surface area contributed by atoms with Gasteiger partial charge in [-0.3, -0.25) is 9.59 Å². The number of hydrogen-bond donors (Lipinski definition) is 3. The molecular weight excluding hydrogens is 350 g/mol. The summed E-state index contributed by atoms with van der Waals surface area (Å²) in [5.41, 5.74) is 3.00. The van der Waals surface area contributed by atoms with Crippen LogP contribution in [-0.2, 0) is 9.59 Å². The predicted octanol–water partition coefficient (Wildman–Crippen LogP) is 2.24. The Labute approximate surface area is 135 Å². The van der Waals surface area contributed by atoms with Gasteiger partial charge in [0.15, 0.2) is 0 Å². The molecule has 7 heteroatoms. The first kappa shape index (κ1) is 15.7. The summed E-state index contributed by atoms with van der Waals surface area (Å²) in [6.45, 7) is 0. The van der Waals surface area contributed by atoms with Crippen molar-refractivity contribution in [2.24, 2.45) is 5.10 Å². The van der Waals surface area contributed by atoms with E-state index in [0.717, 1.165) is 4.47 Å². The molecule has 0 saturated carbocycles. The molecule has 0 heterocycles. The van der Waals surface area contributed by atoms with Gasteiger partial charge in [-0.05, 0) is 30.3 Å². The molecule has 6 nitrogen and oxygen atoms in total. The van der Waals surface area contributed by atoms with Crippen LogP contribution in [0.4, 0.5) is 5.69 Å². The van der Waals surface area contributed by atoms with Crippen molar-refractivity contribution in [3.8, 4) is 5.75 Å². The predicted molar refractivity (Wildman–Crippen MR) is 86.6 cm³/mol. The molecular formula is C15H12BrN3O3. The van der Waals surface area contributed by atoms with Gasteiger partial charge in [-0.25, -0.2) is 5.43 Å². The van der Waals surface area contributed by atoms with E-state index in [4.69, 9.17) is 0 Å². The zero-order chi connectivity index (χ0) is 15.9. The number of benzene rings is 2. The monoisotopic (exact) mass is 361 g/mol. The average Bonchev–Trinajstić information content (AvgIpc) is 2.51. The van der Waals surface area contributed by atoms with Crippen LogP contribution in [0.5, 0.6) is 5.75 Å². The lowest BCUT2D eigenvalue weighted by Gasteiger charge is -2.03. The Bertz CT molecular complexity index is 717. The first-order valence-corrected chi connectivity index (χ1v) is 7.03. The summed E-state index contributed by atoms with van der Waals surface area (Å²) in [5, 5.41) is 15.7. The maximum Gasteiger partial charge on any atom is 0.329 e. The maximum absolute atomic E-state index is 11.6. The molecule has 0 atom stereocenters. The van der Waals surface area contributed by atoms with Crippen molar-refractivity contribution >= 4 is 39.6 Å². The second-order valence-electron chi connectivity index (χ2n) is 4.22. The highest BCUT2D eigenvalue weighted by molar-refractivity contribution is 9.10. The first-order valence-electron chi connectivity index (χ1n) is 6.24. The van der Waals surface area contributed by atoms with E-state index in [0.29, 0.717) is 11.3 Å². The van der Waals surface area contributed by atoms with Crippen LogP contribution >= 0.6 is 15.9 Å². The minimum Gasteiger partial charge on any atom is -0.507 e. The third kappa shape index (κ3) is 4.42. The molecule has 3 N–H and O–H groups in total. The lowest BCUT2D eigenvalue weighted by atomic mass is 10.2. The molecule has 0 aliphatic rings. The highest BCUT2D eigenvalue weighted by Crippen LogP contribution is 2.19. The van der Waals surface area contributed by atoms with Crippen LogP contribution in [0.1, 0.15) is 5.56 Å². The number of carbonyl (C=O) groups excluding carboxylic acids is 2. The van der Waals surface area contributed by atoms with E-state index >= 15 is 0 Å². The molecule has 0 fully saturated rings. The molecule has 2 aromatic rings. The number of aromatic hydroxyl groups is 1. The van der Waals surface area contributed by atoms with Gasteiger partial charge in [0.25, 0.3) is 0 Å². The summed E-state index contributed by atoms with van der Waals surface area (Å²) in [6, 6.07) is 13.4. The molecule has 2 amide bonds. The van der Waals surface area contributed by atoms with Crippen LogP contribution in [0.25, 0.3) is 0 Å². The fourth-order valence-corrected chi connectivity index (χ4v) is 1.93. The van der Waals surface area contributed by atoms with Gasteiger partial charge in [-0.2, -0.15) is 5.10 Å². The number of phenolic OH excluding ortho intramolecular Hbond substituents is 1. The molecule has 2 rings (SSSR count). The third-order valence-electron chi connectivity index (χ3n) is 2.60. The maximum atomic E-state index is 11.6. The van der Waals surface area contributed by atoms with E-state index in [1.165, 1.54) is 12.3 Å². The van der Waals surface area contributed by atoms with Crippen LogP contribution < -0.4 is 10.7 Å². The van der Waals surface area contributed by atoms with Crippen LogP contribution in [0, 0.1) is 0 Å². The van der Waals surface area contributed by atoms with Crippen molar-refractivity contribution in [2.75, 3.05) is 5.32 Å². The number of nitrogens with one attached hydrogen (secondary N) is 2. The fraction of sp³-hybridized carbons (Fsp3) is 0. The number of anilines is 1. The molecule has 0 aliphatic carbocycles. The third-order valence-corrected chi connectivity index (χ3v) is 3.09. The topological polar surface area (TPSA) is 90.8 Å². The average molecular weight is 362 g/mol. The summed E-state index contributed by atoms with van der Waals surface area (Å²) in [5.74, 6) is -1.73. The van der Waals surface area contributed by atoms with Crippen LogP contribution in [0.15, 0.2) is 58.1 Å². The van der Waals surface area contributed by atoms with Gasteiger partial charge in [-0.15, -0.1) is 0 Å². The van der Waals surface area contributed by atoms with Crippen molar-refractivity contribution in [2.45, 2.75) is 0 Å². The number of carbonyl (C=O) groups is 2. The smallest absolute Gasteiger partial charge is 0.329 e. The number of phenols is 1. The van der Waals surface area contributed by atoms with E-state index < -0.39 is 11.8 Å². The van der Waals surface area contributed by atoms with Crippen molar-refractivity contribution < 1.29 is 14.7 Å². The molecule has 0 spiro atoms. The lowest BCUT2D eigenvalue weighted by molar-refractivity contribution is -0.136. The normalized spacial score (nSPS) is 10.4. The van der Waals surface area contributed by atoms with Crippen LogP contribution in [-0.4, -0.2) is 23.1 Å². The molecule has 0 bridgehead atoms. The highest BCUT2D eigenvalue weighted by Gasteiger charge is 2.12. The number of rotatable bonds is 3. The second kappa shape index (κ2) is 7.37. The van der Waals surface area contributed by atoms with Crippen molar-refractivity contribution in [3.05, 3.63) is 58.6 Å². The van der Waals surface area contributed by atoms with Crippen LogP contribution in [0.3, 0.4) is 0 Å². The number of halogens is 1. The van der Waals surface area contributed by atoms with Gasteiger partial charge in [0.05, 0.1) is 6.21 Å². The molecule has 112 valence electrons. The number of hydrazone groups is 1. The first-order chi connectivity index (χ1) is 10.6. The zero-order valence-electron chi connectivity index (χ0n) is 11.3. The summed E-state index contributed by atoms with van der Waals surface area (Å²) in [7, 11) is 0.